The molecule has 4 nitrogen and oxygen atoms in total. The van der Waals surface area contributed by atoms with Crippen LogP contribution >= 0.6 is 0 Å². The van der Waals surface area contributed by atoms with Crippen molar-refractivity contribution in [2.45, 2.75) is 12.7 Å². The molecule has 3 aromatic rings. The topological polar surface area (TPSA) is 53.7 Å². The van der Waals surface area contributed by atoms with Crippen molar-refractivity contribution in [2.24, 2.45) is 0 Å². The van der Waals surface area contributed by atoms with Gasteiger partial charge in [0.05, 0.1) is 11.8 Å². The maximum atomic E-state index is 12.8. The number of carbonyl (C=O) groups excluding carboxylic acids is 1. The van der Waals surface area contributed by atoms with E-state index in [1.54, 1.807) is 42.7 Å². The van der Waals surface area contributed by atoms with Gasteiger partial charge in [0.1, 0.15) is 11.5 Å². The molecular formula is C20H16F3NO3. The number of carbonyl (C=O) groups is 1. The Morgan fingerprint density at radius 2 is 1.81 bits per heavy atom. The van der Waals surface area contributed by atoms with Gasteiger partial charge in [-0.15, -0.1) is 0 Å². The minimum absolute atomic E-state index is 0.0212. The Hall–Kier alpha value is -3.22. The molecule has 0 unspecified atom stereocenters. The molecular weight excluding hydrogens is 359 g/mol. The first kappa shape index (κ1) is 18.6. The van der Waals surface area contributed by atoms with Crippen molar-refractivity contribution in [3.8, 4) is 17.1 Å². The summed E-state index contributed by atoms with van der Waals surface area (Å²) in [5.74, 6) is -0.00938. The molecule has 2 aromatic carbocycles. The van der Waals surface area contributed by atoms with Gasteiger partial charge in [-0.05, 0) is 42.5 Å². The zero-order valence-electron chi connectivity index (χ0n) is 14.3. The van der Waals surface area contributed by atoms with Crippen LogP contribution in [0.15, 0.2) is 65.3 Å². The fourth-order valence-corrected chi connectivity index (χ4v) is 2.66. The van der Waals surface area contributed by atoms with E-state index in [9.17, 15) is 23.1 Å². The fourth-order valence-electron chi connectivity index (χ4n) is 2.66. The molecule has 1 heterocycles. The number of furan rings is 1. The number of halogens is 3. The lowest BCUT2D eigenvalue weighted by molar-refractivity contribution is -0.137. The standard InChI is InChI=1S/C20H16F3NO3/c1-24(12-15-11-16(20(21,22)23)8-9-17(15)25)19(26)14-6-4-13(5-7-14)18-3-2-10-27-18/h2-11,25H,12H2,1H3. The van der Waals surface area contributed by atoms with Crippen LogP contribution in [0.1, 0.15) is 21.5 Å². The minimum atomic E-state index is -4.52. The zero-order valence-corrected chi connectivity index (χ0v) is 14.3. The zero-order chi connectivity index (χ0) is 19.6. The van der Waals surface area contributed by atoms with Gasteiger partial charge in [0.25, 0.3) is 5.91 Å². The number of hydrogen-bond acceptors (Lipinski definition) is 3. The summed E-state index contributed by atoms with van der Waals surface area (Å²) in [5, 5.41) is 9.83. The van der Waals surface area contributed by atoms with Gasteiger partial charge >= 0.3 is 6.18 Å². The summed E-state index contributed by atoms with van der Waals surface area (Å²) in [6.45, 7) is -0.158. The Morgan fingerprint density at radius 1 is 1.11 bits per heavy atom. The van der Waals surface area contributed by atoms with Crippen LogP contribution in [0.2, 0.25) is 0 Å². The van der Waals surface area contributed by atoms with Crippen molar-refractivity contribution in [1.82, 2.24) is 4.90 Å². The summed E-state index contributed by atoms with van der Waals surface area (Å²) in [6.07, 6.45) is -2.98. The molecule has 0 aliphatic heterocycles. The quantitative estimate of drug-likeness (QED) is 0.703. The Kier molecular flexibility index (Phi) is 4.94. The first-order valence-electron chi connectivity index (χ1n) is 8.04. The maximum absolute atomic E-state index is 12.8. The highest BCUT2D eigenvalue weighted by Gasteiger charge is 2.31. The Labute approximate surface area is 153 Å². The van der Waals surface area contributed by atoms with Crippen LogP contribution in [-0.2, 0) is 12.7 Å². The van der Waals surface area contributed by atoms with Gasteiger partial charge in [-0.1, -0.05) is 12.1 Å². The molecule has 1 amide bonds. The first-order valence-corrected chi connectivity index (χ1v) is 8.04. The van der Waals surface area contributed by atoms with E-state index in [-0.39, 0.29) is 23.8 Å². The lowest BCUT2D eigenvalue weighted by Gasteiger charge is -2.19. The van der Waals surface area contributed by atoms with Crippen molar-refractivity contribution in [3.63, 3.8) is 0 Å². The van der Waals surface area contributed by atoms with E-state index in [0.717, 1.165) is 23.8 Å². The number of rotatable bonds is 4. The SMILES string of the molecule is CN(Cc1cc(C(F)(F)F)ccc1O)C(=O)c1ccc(-c2ccco2)cc1. The lowest BCUT2D eigenvalue weighted by atomic mass is 10.1. The average molecular weight is 375 g/mol. The number of hydrogen-bond donors (Lipinski definition) is 1. The van der Waals surface area contributed by atoms with Gasteiger partial charge in [0, 0.05) is 30.3 Å². The predicted octanol–water partition coefficient (Wildman–Crippen LogP) is 4.94. The largest absolute Gasteiger partial charge is 0.508 e. The van der Waals surface area contributed by atoms with Crippen molar-refractivity contribution in [3.05, 3.63) is 77.6 Å². The predicted molar refractivity (Wildman–Crippen MR) is 93.1 cm³/mol. The fraction of sp³-hybridized carbons (Fsp3) is 0.150. The number of phenolic OH excluding ortho intramolecular Hbond substituents is 1. The monoisotopic (exact) mass is 375 g/mol. The molecule has 0 atom stereocenters. The maximum Gasteiger partial charge on any atom is 0.416 e. The number of aromatic hydroxyl groups is 1. The highest BCUT2D eigenvalue weighted by atomic mass is 19.4. The van der Waals surface area contributed by atoms with Crippen molar-refractivity contribution >= 4 is 5.91 Å². The Balaban J connectivity index is 1.76. The van der Waals surface area contributed by atoms with E-state index in [2.05, 4.69) is 0 Å². The molecule has 0 aliphatic rings. The van der Waals surface area contributed by atoms with Crippen LogP contribution < -0.4 is 0 Å². The normalized spacial score (nSPS) is 11.4. The Morgan fingerprint density at radius 3 is 2.41 bits per heavy atom. The van der Waals surface area contributed by atoms with E-state index < -0.39 is 11.7 Å². The number of alkyl halides is 3. The van der Waals surface area contributed by atoms with Crippen LogP contribution in [0.5, 0.6) is 5.75 Å². The third-order valence-corrected chi connectivity index (χ3v) is 4.10. The van der Waals surface area contributed by atoms with Crippen LogP contribution in [0.3, 0.4) is 0 Å². The van der Waals surface area contributed by atoms with Crippen LogP contribution in [0.25, 0.3) is 11.3 Å². The van der Waals surface area contributed by atoms with Gasteiger partial charge in [-0.3, -0.25) is 4.79 Å². The van der Waals surface area contributed by atoms with Crippen molar-refractivity contribution < 1.29 is 27.5 Å². The number of amides is 1. The number of phenols is 1. The highest BCUT2D eigenvalue weighted by Crippen LogP contribution is 2.32. The van der Waals surface area contributed by atoms with E-state index >= 15 is 0 Å². The third kappa shape index (κ3) is 4.13. The molecule has 0 bridgehead atoms. The van der Waals surface area contributed by atoms with Gasteiger partial charge in [0.15, 0.2) is 0 Å². The minimum Gasteiger partial charge on any atom is -0.508 e. The molecule has 0 aliphatic carbocycles. The molecule has 0 fully saturated rings. The molecule has 7 heteroatoms. The van der Waals surface area contributed by atoms with Gasteiger partial charge in [-0.25, -0.2) is 0 Å². The highest BCUT2D eigenvalue weighted by molar-refractivity contribution is 5.94. The summed E-state index contributed by atoms with van der Waals surface area (Å²) in [4.78, 5) is 13.8. The summed E-state index contributed by atoms with van der Waals surface area (Å²) >= 11 is 0. The van der Waals surface area contributed by atoms with E-state index in [0.29, 0.717) is 11.3 Å². The van der Waals surface area contributed by atoms with Crippen LogP contribution in [0.4, 0.5) is 13.2 Å². The third-order valence-electron chi connectivity index (χ3n) is 4.10. The van der Waals surface area contributed by atoms with Crippen LogP contribution in [0, 0.1) is 0 Å². The molecule has 27 heavy (non-hydrogen) atoms. The second kappa shape index (κ2) is 7.19. The molecule has 1 aromatic heterocycles. The van der Waals surface area contributed by atoms with E-state index in [1.165, 1.54) is 11.9 Å². The second-order valence-corrected chi connectivity index (χ2v) is 6.06. The molecule has 0 saturated heterocycles. The summed E-state index contributed by atoms with van der Waals surface area (Å²) in [6, 6.07) is 12.8. The molecule has 3 rings (SSSR count). The molecule has 1 N–H and O–H groups in total. The molecule has 140 valence electrons. The van der Waals surface area contributed by atoms with Gasteiger partial charge < -0.3 is 14.4 Å². The van der Waals surface area contributed by atoms with Crippen LogP contribution in [-0.4, -0.2) is 23.0 Å². The summed E-state index contributed by atoms with van der Waals surface area (Å²) in [5.41, 5.74) is 0.320. The summed E-state index contributed by atoms with van der Waals surface area (Å²) in [7, 11) is 1.46. The van der Waals surface area contributed by atoms with Gasteiger partial charge in [-0.2, -0.15) is 13.2 Å². The second-order valence-electron chi connectivity index (χ2n) is 6.06. The molecule has 0 spiro atoms. The average Bonchev–Trinajstić information content (AvgIpc) is 3.16. The number of nitrogens with zero attached hydrogens (tertiary/aromatic N) is 1. The van der Waals surface area contributed by atoms with Crippen molar-refractivity contribution in [1.29, 1.82) is 0 Å². The van der Waals surface area contributed by atoms with E-state index in [1.807, 2.05) is 0 Å². The van der Waals surface area contributed by atoms with E-state index in [4.69, 9.17) is 4.42 Å². The number of benzene rings is 2. The van der Waals surface area contributed by atoms with Gasteiger partial charge in [0.2, 0.25) is 0 Å². The molecule has 0 saturated carbocycles. The summed E-state index contributed by atoms with van der Waals surface area (Å²) < 4.78 is 43.8. The lowest BCUT2D eigenvalue weighted by Crippen LogP contribution is -2.26. The molecule has 0 radical (unpaired) electrons. The first-order chi connectivity index (χ1) is 12.8. The smallest absolute Gasteiger partial charge is 0.416 e. The van der Waals surface area contributed by atoms with Crippen molar-refractivity contribution in [2.75, 3.05) is 7.05 Å². The Bertz CT molecular complexity index is 932.